The molecule has 0 unspecified atom stereocenters. The average Bonchev–Trinajstić information content (AvgIpc) is 2.36. The van der Waals surface area contributed by atoms with Gasteiger partial charge in [0.15, 0.2) is 0 Å². The fourth-order valence-corrected chi connectivity index (χ4v) is 1.88. The van der Waals surface area contributed by atoms with E-state index in [1.54, 1.807) is 4.90 Å². The summed E-state index contributed by atoms with van der Waals surface area (Å²) in [5, 5.41) is 3.26. The van der Waals surface area contributed by atoms with E-state index in [1.165, 1.54) is 5.56 Å². The molecule has 1 amide bonds. The van der Waals surface area contributed by atoms with Gasteiger partial charge in [-0.15, -0.1) is 0 Å². The number of unbranched alkanes of at least 4 members (excludes halogenated alkanes) is 1. The number of carbonyl (C=O) groups is 1. The summed E-state index contributed by atoms with van der Waals surface area (Å²) in [6, 6.07) is 5.93. The molecule has 1 aromatic carbocycles. The van der Waals surface area contributed by atoms with Crippen molar-refractivity contribution < 1.29 is 4.79 Å². The highest BCUT2D eigenvalue weighted by molar-refractivity contribution is 5.99. The van der Waals surface area contributed by atoms with Crippen molar-refractivity contribution in [1.82, 2.24) is 4.90 Å². The van der Waals surface area contributed by atoms with E-state index in [2.05, 4.69) is 12.2 Å². The maximum Gasteiger partial charge on any atom is 0.255 e. The highest BCUT2D eigenvalue weighted by Gasteiger charge is 2.15. The van der Waals surface area contributed by atoms with Crippen LogP contribution in [0.2, 0.25) is 0 Å². The Kier molecular flexibility index (Phi) is 5.69. The highest BCUT2D eigenvalue weighted by Crippen LogP contribution is 2.19. The molecule has 0 aliphatic rings. The van der Waals surface area contributed by atoms with E-state index >= 15 is 0 Å². The monoisotopic (exact) mass is 248 g/mol. The predicted molar refractivity (Wildman–Crippen MR) is 77.2 cm³/mol. The zero-order valence-electron chi connectivity index (χ0n) is 11.9. The summed E-state index contributed by atoms with van der Waals surface area (Å²) in [4.78, 5) is 14.1. The molecule has 1 rings (SSSR count). The Morgan fingerprint density at radius 3 is 2.67 bits per heavy atom. The summed E-state index contributed by atoms with van der Waals surface area (Å²) in [6.45, 7) is 7.85. The summed E-state index contributed by atoms with van der Waals surface area (Å²) in [5.41, 5.74) is 2.87. The SMILES string of the molecule is CCCCN(C)C(=O)c1ccc(C)cc1NCC. The Bertz CT molecular complexity index is 401. The molecule has 1 N–H and O–H groups in total. The van der Waals surface area contributed by atoms with Crippen molar-refractivity contribution in [2.24, 2.45) is 0 Å². The Hall–Kier alpha value is -1.51. The van der Waals surface area contributed by atoms with Crippen LogP contribution in [0.1, 0.15) is 42.6 Å². The normalized spacial score (nSPS) is 10.2. The molecule has 0 radical (unpaired) electrons. The van der Waals surface area contributed by atoms with Crippen molar-refractivity contribution >= 4 is 11.6 Å². The maximum atomic E-state index is 12.3. The standard InChI is InChI=1S/C15H24N2O/c1-5-7-10-17(4)15(18)13-9-8-12(3)11-14(13)16-6-2/h8-9,11,16H,5-7,10H2,1-4H3. The van der Waals surface area contributed by atoms with E-state index < -0.39 is 0 Å². The molecule has 0 saturated carbocycles. The van der Waals surface area contributed by atoms with Gasteiger partial charge in [-0.05, 0) is 38.0 Å². The summed E-state index contributed by atoms with van der Waals surface area (Å²) in [5.74, 6) is 0.0967. The lowest BCUT2D eigenvalue weighted by Crippen LogP contribution is -2.28. The molecule has 0 aromatic heterocycles. The predicted octanol–water partition coefficient (Wildman–Crippen LogP) is 3.30. The van der Waals surface area contributed by atoms with Crippen LogP contribution >= 0.6 is 0 Å². The Morgan fingerprint density at radius 1 is 1.33 bits per heavy atom. The van der Waals surface area contributed by atoms with Gasteiger partial charge in [-0.1, -0.05) is 19.4 Å². The third-order valence-corrected chi connectivity index (χ3v) is 2.97. The van der Waals surface area contributed by atoms with Gasteiger partial charge in [0.1, 0.15) is 0 Å². The smallest absolute Gasteiger partial charge is 0.255 e. The molecule has 100 valence electrons. The van der Waals surface area contributed by atoms with Crippen molar-refractivity contribution in [2.45, 2.75) is 33.6 Å². The van der Waals surface area contributed by atoms with Gasteiger partial charge in [0, 0.05) is 25.8 Å². The number of anilines is 1. The van der Waals surface area contributed by atoms with Gasteiger partial charge < -0.3 is 10.2 Å². The third kappa shape index (κ3) is 3.76. The van der Waals surface area contributed by atoms with E-state index in [1.807, 2.05) is 39.1 Å². The van der Waals surface area contributed by atoms with Crippen LogP contribution in [0.15, 0.2) is 18.2 Å². The number of benzene rings is 1. The Labute approximate surface area is 110 Å². The Balaban J connectivity index is 2.90. The van der Waals surface area contributed by atoms with Gasteiger partial charge in [0.2, 0.25) is 0 Å². The van der Waals surface area contributed by atoms with Crippen LogP contribution in [0.3, 0.4) is 0 Å². The molecule has 0 atom stereocenters. The van der Waals surface area contributed by atoms with Gasteiger partial charge in [0.25, 0.3) is 5.91 Å². The van der Waals surface area contributed by atoms with E-state index in [4.69, 9.17) is 0 Å². The second kappa shape index (κ2) is 7.04. The van der Waals surface area contributed by atoms with Gasteiger partial charge in [0.05, 0.1) is 5.56 Å². The number of hydrogen-bond donors (Lipinski definition) is 1. The lowest BCUT2D eigenvalue weighted by atomic mass is 10.1. The zero-order valence-corrected chi connectivity index (χ0v) is 11.9. The minimum Gasteiger partial charge on any atom is -0.385 e. The van der Waals surface area contributed by atoms with Crippen molar-refractivity contribution in [1.29, 1.82) is 0 Å². The maximum absolute atomic E-state index is 12.3. The van der Waals surface area contributed by atoms with Crippen molar-refractivity contribution in [3.63, 3.8) is 0 Å². The fraction of sp³-hybridized carbons (Fsp3) is 0.533. The topological polar surface area (TPSA) is 32.3 Å². The number of amides is 1. The van der Waals surface area contributed by atoms with E-state index in [0.717, 1.165) is 37.2 Å². The van der Waals surface area contributed by atoms with Gasteiger partial charge >= 0.3 is 0 Å². The second-order valence-electron chi connectivity index (χ2n) is 4.66. The number of carbonyl (C=O) groups excluding carboxylic acids is 1. The van der Waals surface area contributed by atoms with Crippen LogP contribution in [0.4, 0.5) is 5.69 Å². The van der Waals surface area contributed by atoms with E-state index in [9.17, 15) is 4.79 Å². The van der Waals surface area contributed by atoms with Gasteiger partial charge in [-0.2, -0.15) is 0 Å². The number of aryl methyl sites for hydroxylation is 1. The van der Waals surface area contributed by atoms with Crippen LogP contribution < -0.4 is 5.32 Å². The molecular formula is C15H24N2O. The van der Waals surface area contributed by atoms with Crippen LogP contribution in [0.5, 0.6) is 0 Å². The molecular weight excluding hydrogens is 224 g/mol. The van der Waals surface area contributed by atoms with Crippen molar-refractivity contribution in [2.75, 3.05) is 25.5 Å². The first kappa shape index (κ1) is 14.6. The molecule has 0 aliphatic carbocycles. The first-order chi connectivity index (χ1) is 8.60. The number of hydrogen-bond acceptors (Lipinski definition) is 2. The van der Waals surface area contributed by atoms with E-state index in [0.29, 0.717) is 0 Å². The summed E-state index contributed by atoms with van der Waals surface area (Å²) < 4.78 is 0. The number of rotatable bonds is 6. The lowest BCUT2D eigenvalue weighted by molar-refractivity contribution is 0.0794. The average molecular weight is 248 g/mol. The molecule has 3 heteroatoms. The Morgan fingerprint density at radius 2 is 2.06 bits per heavy atom. The van der Waals surface area contributed by atoms with Gasteiger partial charge in [-0.3, -0.25) is 4.79 Å². The molecule has 0 heterocycles. The number of nitrogens with one attached hydrogen (secondary N) is 1. The number of nitrogens with zero attached hydrogens (tertiary/aromatic N) is 1. The molecule has 0 saturated heterocycles. The largest absolute Gasteiger partial charge is 0.385 e. The molecule has 0 bridgehead atoms. The van der Waals surface area contributed by atoms with Crippen molar-refractivity contribution in [3.05, 3.63) is 29.3 Å². The molecule has 0 spiro atoms. The molecule has 0 fully saturated rings. The first-order valence-electron chi connectivity index (χ1n) is 6.70. The van der Waals surface area contributed by atoms with Crippen molar-refractivity contribution in [3.8, 4) is 0 Å². The molecule has 18 heavy (non-hydrogen) atoms. The summed E-state index contributed by atoms with van der Waals surface area (Å²) in [7, 11) is 1.87. The minimum atomic E-state index is 0.0967. The quantitative estimate of drug-likeness (QED) is 0.837. The third-order valence-electron chi connectivity index (χ3n) is 2.97. The first-order valence-corrected chi connectivity index (χ1v) is 6.70. The minimum absolute atomic E-state index is 0.0967. The second-order valence-corrected chi connectivity index (χ2v) is 4.66. The zero-order chi connectivity index (χ0) is 13.5. The highest BCUT2D eigenvalue weighted by atomic mass is 16.2. The summed E-state index contributed by atoms with van der Waals surface area (Å²) in [6.07, 6.45) is 2.15. The lowest BCUT2D eigenvalue weighted by Gasteiger charge is -2.19. The molecule has 1 aromatic rings. The van der Waals surface area contributed by atoms with Gasteiger partial charge in [-0.25, -0.2) is 0 Å². The fourth-order valence-electron chi connectivity index (χ4n) is 1.88. The molecule has 0 aliphatic heterocycles. The van der Waals surface area contributed by atoms with Crippen LogP contribution in [-0.2, 0) is 0 Å². The van der Waals surface area contributed by atoms with Crippen LogP contribution in [0, 0.1) is 6.92 Å². The summed E-state index contributed by atoms with van der Waals surface area (Å²) >= 11 is 0. The van der Waals surface area contributed by atoms with Crippen LogP contribution in [0.25, 0.3) is 0 Å². The van der Waals surface area contributed by atoms with Crippen LogP contribution in [-0.4, -0.2) is 30.9 Å². The molecule has 3 nitrogen and oxygen atoms in total. The van der Waals surface area contributed by atoms with E-state index in [-0.39, 0.29) is 5.91 Å².